The zero-order chi connectivity index (χ0) is 18.5. The van der Waals surface area contributed by atoms with Gasteiger partial charge in [0.05, 0.1) is 25.5 Å². The maximum atomic E-state index is 12.1. The van der Waals surface area contributed by atoms with Gasteiger partial charge in [0.25, 0.3) is 5.91 Å². The van der Waals surface area contributed by atoms with Gasteiger partial charge in [0.15, 0.2) is 18.6 Å². The van der Waals surface area contributed by atoms with E-state index in [0.29, 0.717) is 28.3 Å². The summed E-state index contributed by atoms with van der Waals surface area (Å²) in [6.45, 7) is -0.451. The van der Waals surface area contributed by atoms with E-state index in [0.717, 1.165) is 0 Å². The Hall–Kier alpha value is -3.55. The first-order valence-corrected chi connectivity index (χ1v) is 7.63. The van der Waals surface area contributed by atoms with E-state index in [2.05, 4.69) is 10.3 Å². The van der Waals surface area contributed by atoms with Crippen molar-refractivity contribution >= 4 is 28.7 Å². The molecule has 3 rings (SSSR count). The molecule has 26 heavy (non-hydrogen) atoms. The second-order valence-corrected chi connectivity index (χ2v) is 5.23. The zero-order valence-electron chi connectivity index (χ0n) is 14.1. The summed E-state index contributed by atoms with van der Waals surface area (Å²) in [5, 5.41) is 2.62. The van der Waals surface area contributed by atoms with E-state index in [4.69, 9.17) is 18.6 Å². The molecule has 0 unspecified atom stereocenters. The van der Waals surface area contributed by atoms with E-state index in [1.807, 2.05) is 0 Å². The van der Waals surface area contributed by atoms with Crippen LogP contribution in [0.25, 0.3) is 11.1 Å². The van der Waals surface area contributed by atoms with Crippen LogP contribution in [0.5, 0.6) is 11.5 Å². The van der Waals surface area contributed by atoms with Crippen molar-refractivity contribution in [1.82, 2.24) is 4.98 Å². The van der Waals surface area contributed by atoms with Crippen molar-refractivity contribution in [2.24, 2.45) is 0 Å². The van der Waals surface area contributed by atoms with Crippen LogP contribution in [0.1, 0.15) is 10.4 Å². The molecular formula is C18H16N2O6. The summed E-state index contributed by atoms with van der Waals surface area (Å²) in [6.07, 6.45) is 1.29. The van der Waals surface area contributed by atoms with E-state index in [1.54, 1.807) is 30.3 Å². The quantitative estimate of drug-likeness (QED) is 0.678. The number of aromatic nitrogens is 1. The summed E-state index contributed by atoms with van der Waals surface area (Å²) in [4.78, 5) is 28.1. The first kappa shape index (κ1) is 17.3. The summed E-state index contributed by atoms with van der Waals surface area (Å²) >= 11 is 0. The lowest BCUT2D eigenvalue weighted by molar-refractivity contribution is -0.119. The van der Waals surface area contributed by atoms with E-state index in [1.165, 1.54) is 26.7 Å². The van der Waals surface area contributed by atoms with Gasteiger partial charge >= 0.3 is 5.97 Å². The van der Waals surface area contributed by atoms with Gasteiger partial charge in [-0.15, -0.1) is 0 Å². The second kappa shape index (κ2) is 7.56. The Balaban J connectivity index is 1.62. The molecular weight excluding hydrogens is 340 g/mol. The average molecular weight is 356 g/mol. The first-order chi connectivity index (χ1) is 12.6. The molecule has 1 amide bonds. The van der Waals surface area contributed by atoms with Crippen LogP contribution in [-0.4, -0.2) is 37.7 Å². The van der Waals surface area contributed by atoms with Gasteiger partial charge in [0.1, 0.15) is 17.0 Å². The minimum Gasteiger partial charge on any atom is -0.497 e. The maximum absolute atomic E-state index is 12.1. The Labute approximate surface area is 148 Å². The number of fused-ring (bicyclic) bond motifs is 1. The van der Waals surface area contributed by atoms with E-state index in [-0.39, 0.29) is 5.56 Å². The van der Waals surface area contributed by atoms with Crippen molar-refractivity contribution in [1.29, 1.82) is 0 Å². The van der Waals surface area contributed by atoms with Crippen LogP contribution in [0.4, 0.5) is 5.69 Å². The Kier molecular flexibility index (Phi) is 5.02. The lowest BCUT2D eigenvalue weighted by atomic mass is 10.2. The number of ether oxygens (including phenoxy) is 3. The van der Waals surface area contributed by atoms with Crippen molar-refractivity contribution in [2.75, 3.05) is 26.1 Å². The van der Waals surface area contributed by atoms with Crippen LogP contribution in [-0.2, 0) is 9.53 Å². The number of hydrogen-bond acceptors (Lipinski definition) is 7. The lowest BCUT2D eigenvalue weighted by Crippen LogP contribution is -2.21. The van der Waals surface area contributed by atoms with Crippen molar-refractivity contribution in [3.05, 3.63) is 48.4 Å². The summed E-state index contributed by atoms with van der Waals surface area (Å²) in [5.74, 6) is -0.138. The molecule has 0 atom stereocenters. The molecule has 0 saturated carbocycles. The highest BCUT2D eigenvalue weighted by molar-refractivity contribution is 5.97. The predicted molar refractivity (Wildman–Crippen MR) is 92.5 cm³/mol. The molecule has 1 heterocycles. The molecule has 3 aromatic rings. The normalized spacial score (nSPS) is 10.4. The molecule has 0 aliphatic heterocycles. The maximum Gasteiger partial charge on any atom is 0.338 e. The molecule has 0 aliphatic carbocycles. The standard InChI is InChI=1S/C18H16N2O6/c1-23-12-4-6-15(24-2)14(8-12)20-17(21)9-25-18(22)11-3-5-13-16(7-11)26-10-19-13/h3-8,10H,9H2,1-2H3,(H,20,21). The summed E-state index contributed by atoms with van der Waals surface area (Å²) in [5.41, 5.74) is 1.77. The van der Waals surface area contributed by atoms with Gasteiger partial charge < -0.3 is 23.9 Å². The first-order valence-electron chi connectivity index (χ1n) is 7.63. The number of methoxy groups -OCH3 is 2. The number of anilines is 1. The van der Waals surface area contributed by atoms with Gasteiger partial charge in [0, 0.05) is 6.07 Å². The van der Waals surface area contributed by atoms with Gasteiger partial charge in [-0.05, 0) is 30.3 Å². The second-order valence-electron chi connectivity index (χ2n) is 5.23. The van der Waals surface area contributed by atoms with Crippen molar-refractivity contribution in [3.8, 4) is 11.5 Å². The number of rotatable bonds is 6. The third kappa shape index (κ3) is 3.75. The number of hydrogen-bond donors (Lipinski definition) is 1. The van der Waals surface area contributed by atoms with Crippen molar-refractivity contribution in [2.45, 2.75) is 0 Å². The highest BCUT2D eigenvalue weighted by Gasteiger charge is 2.14. The Morgan fingerprint density at radius 3 is 2.73 bits per heavy atom. The number of carbonyl (C=O) groups excluding carboxylic acids is 2. The molecule has 2 aromatic carbocycles. The van der Waals surface area contributed by atoms with Gasteiger partial charge in [-0.3, -0.25) is 4.79 Å². The number of oxazole rings is 1. The molecule has 1 N–H and O–H groups in total. The van der Waals surface area contributed by atoms with Crippen LogP contribution in [0.2, 0.25) is 0 Å². The van der Waals surface area contributed by atoms with Crippen LogP contribution < -0.4 is 14.8 Å². The number of nitrogens with one attached hydrogen (secondary N) is 1. The molecule has 8 heteroatoms. The van der Waals surface area contributed by atoms with Crippen LogP contribution >= 0.6 is 0 Å². The summed E-state index contributed by atoms with van der Waals surface area (Å²) in [6, 6.07) is 9.66. The Morgan fingerprint density at radius 1 is 1.12 bits per heavy atom. The fourth-order valence-electron chi connectivity index (χ4n) is 2.29. The fraction of sp³-hybridized carbons (Fsp3) is 0.167. The summed E-state index contributed by atoms with van der Waals surface area (Å²) < 4.78 is 20.5. The monoisotopic (exact) mass is 356 g/mol. The summed E-state index contributed by atoms with van der Waals surface area (Å²) in [7, 11) is 3.00. The van der Waals surface area contributed by atoms with Crippen LogP contribution in [0.15, 0.2) is 47.2 Å². The average Bonchev–Trinajstić information content (AvgIpc) is 3.13. The van der Waals surface area contributed by atoms with Gasteiger partial charge in [-0.1, -0.05) is 0 Å². The molecule has 0 saturated heterocycles. The molecule has 8 nitrogen and oxygen atoms in total. The lowest BCUT2D eigenvalue weighted by Gasteiger charge is -2.12. The Morgan fingerprint density at radius 2 is 1.96 bits per heavy atom. The molecule has 0 aliphatic rings. The van der Waals surface area contributed by atoms with E-state index < -0.39 is 18.5 Å². The van der Waals surface area contributed by atoms with Gasteiger partial charge in [-0.2, -0.15) is 0 Å². The van der Waals surface area contributed by atoms with Crippen LogP contribution in [0, 0.1) is 0 Å². The number of nitrogens with zero attached hydrogens (tertiary/aromatic N) is 1. The number of benzene rings is 2. The predicted octanol–water partition coefficient (Wildman–Crippen LogP) is 2.64. The molecule has 0 bridgehead atoms. The fourth-order valence-corrected chi connectivity index (χ4v) is 2.29. The Bertz CT molecular complexity index is 950. The highest BCUT2D eigenvalue weighted by Crippen LogP contribution is 2.28. The van der Waals surface area contributed by atoms with E-state index in [9.17, 15) is 9.59 Å². The van der Waals surface area contributed by atoms with Crippen molar-refractivity contribution in [3.63, 3.8) is 0 Å². The number of amides is 1. The number of esters is 1. The van der Waals surface area contributed by atoms with E-state index >= 15 is 0 Å². The third-order valence-corrected chi connectivity index (χ3v) is 3.58. The number of carbonyl (C=O) groups is 2. The smallest absolute Gasteiger partial charge is 0.338 e. The highest BCUT2D eigenvalue weighted by atomic mass is 16.5. The molecule has 134 valence electrons. The SMILES string of the molecule is COc1ccc(OC)c(NC(=O)COC(=O)c2ccc3ncoc3c2)c1. The molecule has 0 fully saturated rings. The molecule has 0 radical (unpaired) electrons. The largest absolute Gasteiger partial charge is 0.497 e. The topological polar surface area (TPSA) is 99.9 Å². The van der Waals surface area contributed by atoms with Gasteiger partial charge in [0.2, 0.25) is 0 Å². The van der Waals surface area contributed by atoms with Gasteiger partial charge in [-0.25, -0.2) is 9.78 Å². The zero-order valence-corrected chi connectivity index (χ0v) is 14.1. The van der Waals surface area contributed by atoms with Crippen LogP contribution in [0.3, 0.4) is 0 Å². The minimum atomic E-state index is -0.643. The minimum absolute atomic E-state index is 0.265. The van der Waals surface area contributed by atoms with Crippen molar-refractivity contribution < 1.29 is 28.2 Å². The third-order valence-electron chi connectivity index (χ3n) is 3.58. The molecule has 1 aromatic heterocycles. The molecule has 0 spiro atoms.